The third-order valence-electron chi connectivity index (χ3n) is 3.57. The number of rotatable bonds is 8. The van der Waals surface area contributed by atoms with Crippen molar-refractivity contribution >= 4 is 27.6 Å². The standard InChI is InChI=1S/C18H25NO7S/c1-18(2,3)26-16(20)11-27(22,23)19-14-8-7-13(17(21)24-4)9-15(14)25-10-12-5-6-12/h7-9,12,19H,5-6,10-11H2,1-4H3. The first-order valence-electron chi connectivity index (χ1n) is 8.56. The number of hydrogen-bond donors (Lipinski definition) is 1. The van der Waals surface area contributed by atoms with E-state index in [1.807, 2.05) is 0 Å². The van der Waals surface area contributed by atoms with Gasteiger partial charge in [-0.3, -0.25) is 9.52 Å². The molecule has 0 bridgehead atoms. The molecule has 9 heteroatoms. The Labute approximate surface area is 159 Å². The van der Waals surface area contributed by atoms with Crippen molar-refractivity contribution in [1.82, 2.24) is 0 Å². The summed E-state index contributed by atoms with van der Waals surface area (Å²) in [4.78, 5) is 23.5. The lowest BCUT2D eigenvalue weighted by atomic mass is 10.2. The Bertz CT molecular complexity index is 807. The number of ether oxygens (including phenoxy) is 3. The normalized spacial score (nSPS) is 14.4. The first kappa shape index (κ1) is 21.0. The Morgan fingerprint density at radius 3 is 2.44 bits per heavy atom. The average molecular weight is 399 g/mol. The van der Waals surface area contributed by atoms with E-state index in [1.54, 1.807) is 20.8 Å². The monoisotopic (exact) mass is 399 g/mol. The second-order valence-corrected chi connectivity index (χ2v) is 9.13. The van der Waals surface area contributed by atoms with Gasteiger partial charge in [0.1, 0.15) is 11.4 Å². The molecule has 0 atom stereocenters. The van der Waals surface area contributed by atoms with Gasteiger partial charge in [0.2, 0.25) is 10.0 Å². The van der Waals surface area contributed by atoms with Gasteiger partial charge in [-0.05, 0) is 57.7 Å². The topological polar surface area (TPSA) is 108 Å². The van der Waals surface area contributed by atoms with Gasteiger partial charge < -0.3 is 14.2 Å². The molecule has 0 aliphatic heterocycles. The van der Waals surface area contributed by atoms with Gasteiger partial charge in [-0.25, -0.2) is 13.2 Å². The van der Waals surface area contributed by atoms with E-state index in [0.717, 1.165) is 12.8 Å². The Hall–Kier alpha value is -2.29. The summed E-state index contributed by atoms with van der Waals surface area (Å²) in [5.41, 5.74) is -0.405. The molecule has 1 saturated carbocycles. The van der Waals surface area contributed by atoms with Crippen LogP contribution in [0.15, 0.2) is 18.2 Å². The summed E-state index contributed by atoms with van der Waals surface area (Å²) < 4.78 is 42.4. The van der Waals surface area contributed by atoms with E-state index in [2.05, 4.69) is 9.46 Å². The first-order chi connectivity index (χ1) is 12.5. The van der Waals surface area contributed by atoms with Crippen LogP contribution in [0.25, 0.3) is 0 Å². The Kier molecular flexibility index (Phi) is 6.35. The minimum atomic E-state index is -4.01. The maximum Gasteiger partial charge on any atom is 0.337 e. The predicted molar refractivity (Wildman–Crippen MR) is 99.3 cm³/mol. The maximum atomic E-state index is 12.3. The first-order valence-corrected chi connectivity index (χ1v) is 10.2. The predicted octanol–water partition coefficient (Wildman–Crippen LogP) is 2.35. The van der Waals surface area contributed by atoms with E-state index >= 15 is 0 Å². The maximum absolute atomic E-state index is 12.3. The zero-order valence-corrected chi connectivity index (χ0v) is 16.7. The van der Waals surface area contributed by atoms with Crippen molar-refractivity contribution in [2.45, 2.75) is 39.2 Å². The van der Waals surface area contributed by atoms with Gasteiger partial charge in [0, 0.05) is 0 Å². The number of nitrogens with one attached hydrogen (secondary N) is 1. The molecule has 1 aliphatic carbocycles. The molecular weight excluding hydrogens is 374 g/mol. The average Bonchev–Trinajstić information content (AvgIpc) is 3.34. The Morgan fingerprint density at radius 2 is 1.89 bits per heavy atom. The molecule has 1 fully saturated rings. The molecule has 0 spiro atoms. The molecule has 0 radical (unpaired) electrons. The van der Waals surface area contributed by atoms with Gasteiger partial charge in [0.15, 0.2) is 5.75 Å². The third kappa shape index (κ3) is 7.09. The highest BCUT2D eigenvalue weighted by molar-refractivity contribution is 7.93. The van der Waals surface area contributed by atoms with Crippen LogP contribution in [0.1, 0.15) is 44.0 Å². The summed E-state index contributed by atoms with van der Waals surface area (Å²) in [6.45, 7) is 5.38. The van der Waals surface area contributed by atoms with E-state index < -0.39 is 33.3 Å². The van der Waals surface area contributed by atoms with Crippen molar-refractivity contribution in [2.24, 2.45) is 5.92 Å². The zero-order valence-electron chi connectivity index (χ0n) is 15.9. The number of carbonyl (C=O) groups excluding carboxylic acids is 2. The molecule has 0 amide bonds. The van der Waals surface area contributed by atoms with Crippen molar-refractivity contribution in [2.75, 3.05) is 24.2 Å². The van der Waals surface area contributed by atoms with E-state index in [-0.39, 0.29) is 17.0 Å². The van der Waals surface area contributed by atoms with Gasteiger partial charge in [-0.2, -0.15) is 0 Å². The number of benzene rings is 1. The SMILES string of the molecule is COC(=O)c1ccc(NS(=O)(=O)CC(=O)OC(C)(C)C)c(OCC2CC2)c1. The smallest absolute Gasteiger partial charge is 0.337 e. The van der Waals surface area contributed by atoms with Crippen LogP contribution in [0, 0.1) is 5.92 Å². The second-order valence-electron chi connectivity index (χ2n) is 7.40. The van der Waals surface area contributed by atoms with Gasteiger partial charge in [-0.1, -0.05) is 0 Å². The van der Waals surface area contributed by atoms with Crippen molar-refractivity contribution in [1.29, 1.82) is 0 Å². The fraction of sp³-hybridized carbons (Fsp3) is 0.556. The Balaban J connectivity index is 2.16. The van der Waals surface area contributed by atoms with Crippen LogP contribution in [-0.2, 0) is 24.3 Å². The minimum absolute atomic E-state index is 0.145. The van der Waals surface area contributed by atoms with E-state index in [1.165, 1.54) is 25.3 Å². The van der Waals surface area contributed by atoms with Crippen LogP contribution < -0.4 is 9.46 Å². The van der Waals surface area contributed by atoms with Crippen LogP contribution in [0.5, 0.6) is 5.75 Å². The quantitative estimate of drug-likeness (QED) is 0.669. The molecule has 0 saturated heterocycles. The molecule has 1 N–H and O–H groups in total. The van der Waals surface area contributed by atoms with Crippen LogP contribution in [0.4, 0.5) is 5.69 Å². The molecule has 0 heterocycles. The Morgan fingerprint density at radius 1 is 1.22 bits per heavy atom. The molecule has 1 aromatic rings. The zero-order chi connectivity index (χ0) is 20.2. The number of esters is 2. The number of hydrogen-bond acceptors (Lipinski definition) is 7. The molecule has 0 aromatic heterocycles. The summed E-state index contributed by atoms with van der Waals surface area (Å²) in [5, 5.41) is 0. The lowest BCUT2D eigenvalue weighted by Gasteiger charge is -2.20. The lowest BCUT2D eigenvalue weighted by Crippen LogP contribution is -2.30. The molecule has 2 rings (SSSR count). The highest BCUT2D eigenvalue weighted by Crippen LogP contribution is 2.33. The van der Waals surface area contributed by atoms with Gasteiger partial charge >= 0.3 is 11.9 Å². The molecule has 8 nitrogen and oxygen atoms in total. The lowest BCUT2D eigenvalue weighted by molar-refractivity contribution is -0.151. The summed E-state index contributed by atoms with van der Waals surface area (Å²) in [5.74, 6) is -1.61. The molecule has 150 valence electrons. The summed E-state index contributed by atoms with van der Waals surface area (Å²) >= 11 is 0. The summed E-state index contributed by atoms with van der Waals surface area (Å²) in [6, 6.07) is 4.24. The fourth-order valence-electron chi connectivity index (χ4n) is 2.19. The van der Waals surface area contributed by atoms with Crippen molar-refractivity contribution in [3.05, 3.63) is 23.8 Å². The van der Waals surface area contributed by atoms with Gasteiger partial charge in [0.25, 0.3) is 0 Å². The summed E-state index contributed by atoms with van der Waals surface area (Å²) in [6.07, 6.45) is 2.10. The van der Waals surface area contributed by atoms with E-state index in [4.69, 9.17) is 9.47 Å². The fourth-order valence-corrected chi connectivity index (χ4v) is 3.14. The van der Waals surface area contributed by atoms with E-state index in [9.17, 15) is 18.0 Å². The highest BCUT2D eigenvalue weighted by Gasteiger charge is 2.26. The van der Waals surface area contributed by atoms with Crippen molar-refractivity contribution < 1.29 is 32.2 Å². The number of sulfonamides is 1. The third-order valence-corrected chi connectivity index (χ3v) is 4.71. The van der Waals surface area contributed by atoms with Gasteiger partial charge in [-0.15, -0.1) is 0 Å². The molecule has 27 heavy (non-hydrogen) atoms. The molecule has 1 aromatic carbocycles. The number of carbonyl (C=O) groups is 2. The number of methoxy groups -OCH3 is 1. The van der Waals surface area contributed by atoms with E-state index in [0.29, 0.717) is 12.5 Å². The minimum Gasteiger partial charge on any atom is -0.491 e. The van der Waals surface area contributed by atoms with Crippen LogP contribution in [0.3, 0.4) is 0 Å². The van der Waals surface area contributed by atoms with Gasteiger partial charge in [0.05, 0.1) is 25.0 Å². The second kappa shape index (κ2) is 8.16. The van der Waals surface area contributed by atoms with Crippen LogP contribution in [0.2, 0.25) is 0 Å². The summed E-state index contributed by atoms with van der Waals surface area (Å²) in [7, 11) is -2.76. The molecule has 0 unspecified atom stereocenters. The van der Waals surface area contributed by atoms with Crippen LogP contribution in [-0.4, -0.2) is 45.4 Å². The van der Waals surface area contributed by atoms with Crippen molar-refractivity contribution in [3.8, 4) is 5.75 Å². The largest absolute Gasteiger partial charge is 0.491 e. The van der Waals surface area contributed by atoms with Crippen LogP contribution >= 0.6 is 0 Å². The highest BCUT2D eigenvalue weighted by atomic mass is 32.2. The number of anilines is 1. The molecular formula is C18H25NO7S. The van der Waals surface area contributed by atoms with Crippen molar-refractivity contribution in [3.63, 3.8) is 0 Å². The molecule has 1 aliphatic rings.